The van der Waals surface area contributed by atoms with Crippen molar-refractivity contribution in [1.29, 1.82) is 0 Å². The lowest BCUT2D eigenvalue weighted by molar-refractivity contribution is 0.767. The molecule has 0 aliphatic heterocycles. The molecule has 0 aliphatic rings. The maximum absolute atomic E-state index is 5.95. The van der Waals surface area contributed by atoms with Gasteiger partial charge in [0.2, 0.25) is 0 Å². The minimum Gasteiger partial charge on any atom is -0.398 e. The zero-order valence-corrected chi connectivity index (χ0v) is 10.7. The lowest BCUT2D eigenvalue weighted by Crippen LogP contribution is -2.01. The highest BCUT2D eigenvalue weighted by molar-refractivity contribution is 5.98. The molecule has 2 aromatic heterocycles. The molecule has 0 bridgehead atoms. The topological polar surface area (TPSA) is 68.8 Å². The number of hydrogen-bond donors (Lipinski definition) is 2. The van der Waals surface area contributed by atoms with Crippen LogP contribution in [0.25, 0.3) is 10.9 Å². The van der Waals surface area contributed by atoms with Crippen LogP contribution in [0.5, 0.6) is 0 Å². The molecule has 3 rings (SSSR count). The van der Waals surface area contributed by atoms with Crippen molar-refractivity contribution >= 4 is 22.3 Å². The Labute approximate surface area is 111 Å². The number of hydrogen-bond acceptors (Lipinski definition) is 4. The van der Waals surface area contributed by atoms with Gasteiger partial charge in [-0.3, -0.25) is 9.67 Å². The number of aromatic nitrogens is 3. The van der Waals surface area contributed by atoms with E-state index in [1.165, 1.54) is 0 Å². The van der Waals surface area contributed by atoms with Gasteiger partial charge in [-0.1, -0.05) is 0 Å². The Morgan fingerprint density at radius 1 is 1.32 bits per heavy atom. The number of nitrogens with zero attached hydrogens (tertiary/aromatic N) is 3. The van der Waals surface area contributed by atoms with Gasteiger partial charge in [0.25, 0.3) is 0 Å². The highest BCUT2D eigenvalue weighted by atomic mass is 15.2. The van der Waals surface area contributed by atoms with Crippen molar-refractivity contribution in [1.82, 2.24) is 14.8 Å². The normalized spacial score (nSPS) is 10.8. The van der Waals surface area contributed by atoms with Crippen molar-refractivity contribution in [3.8, 4) is 0 Å². The van der Waals surface area contributed by atoms with Crippen molar-refractivity contribution < 1.29 is 0 Å². The fraction of sp³-hybridized carbons (Fsp3) is 0.143. The van der Waals surface area contributed by atoms with Crippen LogP contribution in [0.15, 0.2) is 42.9 Å². The standard InChI is InChI=1S/C14H15N5/c1-19-9-10(8-18-19)7-17-13-5-4-12(15)11-3-2-6-16-14(11)13/h2-6,8-9,17H,7,15H2,1H3. The van der Waals surface area contributed by atoms with Gasteiger partial charge in [-0.25, -0.2) is 0 Å². The minimum absolute atomic E-state index is 0.712. The van der Waals surface area contributed by atoms with Crippen LogP contribution < -0.4 is 11.1 Å². The van der Waals surface area contributed by atoms with Crippen LogP contribution in [0.2, 0.25) is 0 Å². The van der Waals surface area contributed by atoms with Crippen molar-refractivity contribution in [2.45, 2.75) is 6.54 Å². The van der Waals surface area contributed by atoms with E-state index in [4.69, 9.17) is 5.73 Å². The summed E-state index contributed by atoms with van der Waals surface area (Å²) in [6.07, 6.45) is 5.61. The third-order valence-electron chi connectivity index (χ3n) is 3.04. The molecule has 0 radical (unpaired) electrons. The van der Waals surface area contributed by atoms with E-state index in [1.54, 1.807) is 10.9 Å². The van der Waals surface area contributed by atoms with E-state index in [0.717, 1.165) is 27.8 Å². The molecule has 3 N–H and O–H groups in total. The third-order valence-corrected chi connectivity index (χ3v) is 3.04. The third kappa shape index (κ3) is 2.22. The summed E-state index contributed by atoms with van der Waals surface area (Å²) in [7, 11) is 1.91. The van der Waals surface area contributed by atoms with Gasteiger partial charge in [0.05, 0.1) is 17.4 Å². The first-order chi connectivity index (χ1) is 9.24. The molecule has 0 saturated heterocycles. The number of nitrogens with two attached hydrogens (primary N) is 1. The Bertz CT molecular complexity index is 717. The van der Waals surface area contributed by atoms with E-state index in [0.29, 0.717) is 6.54 Å². The van der Waals surface area contributed by atoms with Crippen molar-refractivity contribution in [2.75, 3.05) is 11.1 Å². The van der Waals surface area contributed by atoms with Crippen LogP contribution in [0.3, 0.4) is 0 Å². The predicted molar refractivity (Wildman–Crippen MR) is 76.7 cm³/mol. The number of aryl methyl sites for hydroxylation is 1. The summed E-state index contributed by atoms with van der Waals surface area (Å²) in [5.74, 6) is 0. The van der Waals surface area contributed by atoms with Gasteiger partial charge in [0.1, 0.15) is 0 Å². The fourth-order valence-corrected chi connectivity index (χ4v) is 2.10. The largest absolute Gasteiger partial charge is 0.398 e. The second kappa shape index (κ2) is 4.61. The number of nitrogens with one attached hydrogen (secondary N) is 1. The predicted octanol–water partition coefficient (Wildman–Crippen LogP) is 2.16. The molecular formula is C14H15N5. The number of benzene rings is 1. The Hall–Kier alpha value is -2.56. The van der Waals surface area contributed by atoms with E-state index in [1.807, 2.05) is 43.7 Å². The summed E-state index contributed by atoms with van der Waals surface area (Å²) in [6, 6.07) is 7.73. The summed E-state index contributed by atoms with van der Waals surface area (Å²) in [4.78, 5) is 4.40. The first-order valence-corrected chi connectivity index (χ1v) is 6.08. The van der Waals surface area contributed by atoms with Gasteiger partial charge in [0.15, 0.2) is 0 Å². The van der Waals surface area contributed by atoms with Crippen molar-refractivity contribution in [3.63, 3.8) is 0 Å². The van der Waals surface area contributed by atoms with E-state index in [2.05, 4.69) is 15.4 Å². The summed E-state index contributed by atoms with van der Waals surface area (Å²) in [5, 5.41) is 8.49. The average Bonchev–Trinajstić information content (AvgIpc) is 2.84. The minimum atomic E-state index is 0.712. The van der Waals surface area contributed by atoms with Gasteiger partial charge >= 0.3 is 0 Å². The second-order valence-electron chi connectivity index (χ2n) is 4.48. The highest BCUT2D eigenvalue weighted by Crippen LogP contribution is 2.26. The van der Waals surface area contributed by atoms with Gasteiger partial charge < -0.3 is 11.1 Å². The number of nitrogen functional groups attached to an aromatic ring is 1. The molecule has 19 heavy (non-hydrogen) atoms. The van der Waals surface area contributed by atoms with E-state index < -0.39 is 0 Å². The molecule has 0 saturated carbocycles. The Morgan fingerprint density at radius 2 is 2.21 bits per heavy atom. The highest BCUT2D eigenvalue weighted by Gasteiger charge is 2.05. The summed E-state index contributed by atoms with van der Waals surface area (Å²) >= 11 is 0. The summed E-state index contributed by atoms with van der Waals surface area (Å²) < 4.78 is 1.79. The maximum Gasteiger partial charge on any atom is 0.0953 e. The second-order valence-corrected chi connectivity index (χ2v) is 4.48. The Balaban J connectivity index is 1.91. The van der Waals surface area contributed by atoms with Crippen LogP contribution in [0.4, 0.5) is 11.4 Å². The smallest absolute Gasteiger partial charge is 0.0953 e. The fourth-order valence-electron chi connectivity index (χ4n) is 2.10. The molecule has 3 aromatic rings. The maximum atomic E-state index is 5.95. The van der Waals surface area contributed by atoms with E-state index in [-0.39, 0.29) is 0 Å². The SMILES string of the molecule is Cn1cc(CNc2ccc(N)c3cccnc23)cn1. The van der Waals surface area contributed by atoms with E-state index >= 15 is 0 Å². The van der Waals surface area contributed by atoms with Gasteiger partial charge in [-0.05, 0) is 24.3 Å². The first-order valence-electron chi connectivity index (χ1n) is 6.08. The molecule has 0 atom stereocenters. The quantitative estimate of drug-likeness (QED) is 0.702. The van der Waals surface area contributed by atoms with Gasteiger partial charge in [-0.2, -0.15) is 5.10 Å². The summed E-state index contributed by atoms with van der Waals surface area (Å²) in [5.41, 5.74) is 9.70. The van der Waals surface area contributed by atoms with Crippen LogP contribution in [-0.4, -0.2) is 14.8 Å². The number of fused-ring (bicyclic) bond motifs is 1. The monoisotopic (exact) mass is 253 g/mol. The number of pyridine rings is 1. The van der Waals surface area contributed by atoms with Crippen molar-refractivity contribution in [3.05, 3.63) is 48.4 Å². The van der Waals surface area contributed by atoms with Crippen molar-refractivity contribution in [2.24, 2.45) is 7.05 Å². The van der Waals surface area contributed by atoms with E-state index in [9.17, 15) is 0 Å². The first kappa shape index (κ1) is 11.5. The number of rotatable bonds is 3. The lowest BCUT2D eigenvalue weighted by atomic mass is 10.1. The number of anilines is 2. The Morgan fingerprint density at radius 3 is 3.00 bits per heavy atom. The van der Waals surface area contributed by atoms with Gasteiger partial charge in [0, 0.05) is 42.6 Å². The molecule has 0 amide bonds. The molecule has 2 heterocycles. The molecule has 0 spiro atoms. The molecule has 96 valence electrons. The Kier molecular flexibility index (Phi) is 2.79. The summed E-state index contributed by atoms with van der Waals surface area (Å²) in [6.45, 7) is 0.712. The lowest BCUT2D eigenvalue weighted by Gasteiger charge is -2.09. The molecular weight excluding hydrogens is 238 g/mol. The molecule has 0 aliphatic carbocycles. The van der Waals surface area contributed by atoms with Crippen LogP contribution in [0.1, 0.15) is 5.56 Å². The molecule has 0 unspecified atom stereocenters. The average molecular weight is 253 g/mol. The van der Waals surface area contributed by atoms with Crippen LogP contribution >= 0.6 is 0 Å². The molecule has 5 nitrogen and oxygen atoms in total. The zero-order chi connectivity index (χ0) is 13.2. The molecule has 1 aromatic carbocycles. The van der Waals surface area contributed by atoms with Crippen LogP contribution in [0, 0.1) is 0 Å². The zero-order valence-electron chi connectivity index (χ0n) is 10.7. The molecule has 5 heteroatoms. The van der Waals surface area contributed by atoms with Crippen LogP contribution in [-0.2, 0) is 13.6 Å². The van der Waals surface area contributed by atoms with Gasteiger partial charge in [-0.15, -0.1) is 0 Å². The molecule has 0 fully saturated rings.